The summed E-state index contributed by atoms with van der Waals surface area (Å²) < 4.78 is 14.8. The lowest BCUT2D eigenvalue weighted by Crippen LogP contribution is -2.46. The molecule has 10 nitrogen and oxygen atoms in total. The van der Waals surface area contributed by atoms with Crippen molar-refractivity contribution in [1.29, 1.82) is 0 Å². The van der Waals surface area contributed by atoms with Crippen LogP contribution < -0.4 is 31.2 Å². The highest BCUT2D eigenvalue weighted by molar-refractivity contribution is 7.10. The molecule has 1 unspecified atom stereocenters. The lowest BCUT2D eigenvalue weighted by atomic mass is 10.1. The van der Waals surface area contributed by atoms with E-state index in [1.54, 1.807) is 24.3 Å². The Morgan fingerprint density at radius 3 is 2.33 bits per heavy atom. The number of thiophene rings is 1. The Morgan fingerprint density at radius 1 is 1.14 bits per heavy atom. The molecule has 1 aromatic carbocycles. The van der Waals surface area contributed by atoms with Gasteiger partial charge < -0.3 is 26.3 Å². The van der Waals surface area contributed by atoms with Crippen LogP contribution >= 0.6 is 22.9 Å². The predicted molar refractivity (Wildman–Crippen MR) is 139 cm³/mol. The first-order valence-corrected chi connectivity index (χ1v) is 12.9. The molecule has 1 atom stereocenters. The number of hydrogen-bond acceptors (Lipinski definition) is 9. The van der Waals surface area contributed by atoms with E-state index in [0.717, 1.165) is 37.2 Å². The standard InChI is InChI=1S/C24H27N5O5S2/c1-33-15-10-14(11-16(12-15)34-2)29(24(32)21-18(25)19(22(26)30)28-36-21)20(17-8-5-9-35-17)23(31)27-13-6-3-4-7-13/h5,8-13,20H,3-4,6-7,25H2,1-2H3,(H2,26,30)(H,27,31). The number of nitrogens with one attached hydrogen (secondary N) is 1. The zero-order valence-corrected chi connectivity index (χ0v) is 21.5. The fourth-order valence-electron chi connectivity index (χ4n) is 4.22. The van der Waals surface area contributed by atoms with E-state index in [4.69, 9.17) is 20.9 Å². The van der Waals surface area contributed by atoms with Crippen molar-refractivity contribution in [2.24, 2.45) is 5.73 Å². The van der Waals surface area contributed by atoms with Crippen LogP contribution in [0.1, 0.15) is 56.8 Å². The molecule has 190 valence electrons. The van der Waals surface area contributed by atoms with Gasteiger partial charge in [-0.05, 0) is 35.8 Å². The van der Waals surface area contributed by atoms with E-state index in [9.17, 15) is 14.4 Å². The molecule has 4 rings (SSSR count). The molecule has 5 N–H and O–H groups in total. The fraction of sp³-hybridized carbons (Fsp3) is 0.333. The molecule has 3 amide bonds. The first-order chi connectivity index (χ1) is 17.3. The molecule has 1 fully saturated rings. The minimum absolute atomic E-state index is 0.000749. The third kappa shape index (κ3) is 5.14. The summed E-state index contributed by atoms with van der Waals surface area (Å²) in [6.45, 7) is 0. The van der Waals surface area contributed by atoms with Gasteiger partial charge in [-0.25, -0.2) is 0 Å². The summed E-state index contributed by atoms with van der Waals surface area (Å²) in [6, 6.07) is 7.56. The molecular weight excluding hydrogens is 502 g/mol. The molecule has 0 bridgehead atoms. The summed E-state index contributed by atoms with van der Waals surface area (Å²) >= 11 is 2.11. The Bertz CT molecular complexity index is 1230. The number of rotatable bonds is 9. The van der Waals surface area contributed by atoms with E-state index in [2.05, 4.69) is 9.69 Å². The van der Waals surface area contributed by atoms with E-state index in [0.29, 0.717) is 22.1 Å². The van der Waals surface area contributed by atoms with Gasteiger partial charge in [-0.15, -0.1) is 11.3 Å². The average molecular weight is 530 g/mol. The summed E-state index contributed by atoms with van der Waals surface area (Å²) in [4.78, 5) is 41.6. The number of primary amides is 1. The number of ether oxygens (including phenoxy) is 2. The SMILES string of the molecule is COc1cc(OC)cc(N(C(=O)c2snc(C(N)=O)c2N)C(C(=O)NC2CCCC2)c2cccs2)c1. The van der Waals surface area contributed by atoms with Gasteiger partial charge in [0.15, 0.2) is 11.7 Å². The van der Waals surface area contributed by atoms with Crippen molar-refractivity contribution in [3.05, 3.63) is 51.2 Å². The lowest BCUT2D eigenvalue weighted by molar-refractivity contribution is -0.123. The van der Waals surface area contributed by atoms with Gasteiger partial charge in [0.05, 0.1) is 25.6 Å². The van der Waals surface area contributed by atoms with Crippen molar-refractivity contribution in [3.63, 3.8) is 0 Å². The van der Waals surface area contributed by atoms with Gasteiger partial charge in [0, 0.05) is 29.1 Å². The molecule has 0 aliphatic heterocycles. The number of methoxy groups -OCH3 is 2. The highest BCUT2D eigenvalue weighted by atomic mass is 32.1. The molecule has 0 spiro atoms. The van der Waals surface area contributed by atoms with Crippen molar-refractivity contribution >= 4 is 52.0 Å². The largest absolute Gasteiger partial charge is 0.497 e. The number of aromatic nitrogens is 1. The van der Waals surface area contributed by atoms with E-state index < -0.39 is 17.9 Å². The Morgan fingerprint density at radius 2 is 1.81 bits per heavy atom. The van der Waals surface area contributed by atoms with E-state index in [1.165, 1.54) is 30.5 Å². The number of carbonyl (C=O) groups is 3. The topological polar surface area (TPSA) is 150 Å². The maximum Gasteiger partial charge on any atom is 0.273 e. The monoisotopic (exact) mass is 529 g/mol. The fourth-order valence-corrected chi connectivity index (χ4v) is 5.78. The van der Waals surface area contributed by atoms with Gasteiger partial charge in [0.2, 0.25) is 5.91 Å². The zero-order chi connectivity index (χ0) is 25.8. The molecule has 2 aromatic heterocycles. The van der Waals surface area contributed by atoms with Crippen LogP contribution in [0.2, 0.25) is 0 Å². The van der Waals surface area contributed by atoms with E-state index >= 15 is 0 Å². The molecule has 2 heterocycles. The molecule has 36 heavy (non-hydrogen) atoms. The van der Waals surface area contributed by atoms with Crippen LogP contribution in [-0.2, 0) is 4.79 Å². The Balaban J connectivity index is 1.87. The number of carbonyl (C=O) groups excluding carboxylic acids is 3. The van der Waals surface area contributed by atoms with Crippen molar-refractivity contribution < 1.29 is 23.9 Å². The molecule has 1 saturated carbocycles. The number of nitrogens with zero attached hydrogens (tertiary/aromatic N) is 2. The highest BCUT2D eigenvalue weighted by Crippen LogP contribution is 2.38. The predicted octanol–water partition coefficient (Wildman–Crippen LogP) is 3.35. The number of nitrogens with two attached hydrogens (primary N) is 2. The summed E-state index contributed by atoms with van der Waals surface area (Å²) in [6.07, 6.45) is 3.84. The van der Waals surface area contributed by atoms with Crippen LogP contribution in [0.25, 0.3) is 0 Å². The second-order valence-corrected chi connectivity index (χ2v) is 10.0. The molecular formula is C24H27N5O5S2. The maximum atomic E-state index is 14.1. The van der Waals surface area contributed by atoms with Crippen LogP contribution in [0, 0.1) is 0 Å². The minimum Gasteiger partial charge on any atom is -0.497 e. The van der Waals surface area contributed by atoms with Crippen LogP contribution in [0.5, 0.6) is 11.5 Å². The van der Waals surface area contributed by atoms with Crippen molar-refractivity contribution in [2.45, 2.75) is 37.8 Å². The summed E-state index contributed by atoms with van der Waals surface area (Å²) in [5.74, 6) is -0.909. The maximum absolute atomic E-state index is 14.1. The molecule has 0 radical (unpaired) electrons. The Labute approximate surface area is 216 Å². The highest BCUT2D eigenvalue weighted by Gasteiger charge is 2.38. The lowest BCUT2D eigenvalue weighted by Gasteiger charge is -2.31. The summed E-state index contributed by atoms with van der Waals surface area (Å²) in [5.41, 5.74) is 11.5. The van der Waals surface area contributed by atoms with Crippen LogP contribution in [-0.4, -0.2) is 42.4 Å². The molecule has 1 aliphatic rings. The number of nitrogen functional groups attached to an aromatic ring is 1. The van der Waals surface area contributed by atoms with Gasteiger partial charge in [0.25, 0.3) is 11.8 Å². The third-order valence-electron chi connectivity index (χ3n) is 6.01. The first-order valence-electron chi connectivity index (χ1n) is 11.3. The van der Waals surface area contributed by atoms with Crippen molar-refractivity contribution in [2.75, 3.05) is 24.9 Å². The second kappa shape index (κ2) is 11.0. The smallest absolute Gasteiger partial charge is 0.273 e. The summed E-state index contributed by atoms with van der Waals surface area (Å²) in [7, 11) is 2.99. The van der Waals surface area contributed by atoms with Gasteiger partial charge in [-0.2, -0.15) is 4.37 Å². The van der Waals surface area contributed by atoms with Crippen molar-refractivity contribution in [1.82, 2.24) is 9.69 Å². The van der Waals surface area contributed by atoms with Crippen LogP contribution in [0.3, 0.4) is 0 Å². The average Bonchev–Trinajstić information content (AvgIpc) is 3.64. The molecule has 3 aromatic rings. The molecule has 1 aliphatic carbocycles. The normalized spacial score (nSPS) is 14.3. The number of benzene rings is 1. The van der Waals surface area contributed by atoms with E-state index in [-0.39, 0.29) is 28.2 Å². The first kappa shape index (κ1) is 25.5. The molecule has 12 heteroatoms. The molecule has 0 saturated heterocycles. The Hall–Kier alpha value is -3.64. The third-order valence-corrected chi connectivity index (χ3v) is 7.79. The quantitative estimate of drug-likeness (QED) is 0.385. The summed E-state index contributed by atoms with van der Waals surface area (Å²) in [5, 5.41) is 4.95. The van der Waals surface area contributed by atoms with Gasteiger partial charge in [-0.3, -0.25) is 19.3 Å². The minimum atomic E-state index is -1.02. The van der Waals surface area contributed by atoms with Gasteiger partial charge in [0.1, 0.15) is 16.4 Å². The Kier molecular flexibility index (Phi) is 7.75. The van der Waals surface area contributed by atoms with Gasteiger partial charge in [-0.1, -0.05) is 18.9 Å². The zero-order valence-electron chi connectivity index (χ0n) is 19.9. The van der Waals surface area contributed by atoms with E-state index in [1.807, 2.05) is 11.4 Å². The van der Waals surface area contributed by atoms with Crippen molar-refractivity contribution in [3.8, 4) is 11.5 Å². The number of hydrogen-bond donors (Lipinski definition) is 3. The number of amides is 3. The van der Waals surface area contributed by atoms with Crippen LogP contribution in [0.15, 0.2) is 35.7 Å². The van der Waals surface area contributed by atoms with Gasteiger partial charge >= 0.3 is 0 Å². The van der Waals surface area contributed by atoms with Crippen LogP contribution in [0.4, 0.5) is 11.4 Å². The second-order valence-electron chi connectivity index (χ2n) is 8.29. The number of anilines is 2.